The highest BCUT2D eigenvalue weighted by Crippen LogP contribution is 2.68. The third-order valence-corrected chi connectivity index (χ3v) is 8.91. The number of furan rings is 1. The van der Waals surface area contributed by atoms with Crippen LogP contribution in [0.2, 0.25) is 0 Å². The van der Waals surface area contributed by atoms with Crippen molar-refractivity contribution in [2.75, 3.05) is 6.61 Å². The molecule has 0 radical (unpaired) electrons. The molecule has 1 N–H and O–H groups in total. The summed E-state index contributed by atoms with van der Waals surface area (Å²) < 4.78 is 46.4. The lowest BCUT2D eigenvalue weighted by molar-refractivity contribution is -0.346. The van der Waals surface area contributed by atoms with E-state index < -0.39 is 107 Å². The van der Waals surface area contributed by atoms with Crippen LogP contribution >= 0.6 is 0 Å². The number of carbonyl (C=O) groups excluding carboxylic acids is 6. The molecule has 248 valence electrons. The second kappa shape index (κ2) is 12.1. The first-order valence-electron chi connectivity index (χ1n) is 14.3. The molecule has 1 saturated heterocycles. The minimum absolute atomic E-state index is 0.0848. The van der Waals surface area contributed by atoms with E-state index in [9.17, 15) is 33.9 Å². The second-order valence-electron chi connectivity index (χ2n) is 12.2. The Labute approximate surface area is 258 Å². The number of hydrogen-bond donors (Lipinski definition) is 1. The van der Waals surface area contributed by atoms with Crippen molar-refractivity contribution in [3.05, 3.63) is 24.2 Å². The van der Waals surface area contributed by atoms with Crippen LogP contribution < -0.4 is 0 Å². The van der Waals surface area contributed by atoms with Gasteiger partial charge >= 0.3 is 35.8 Å². The fourth-order valence-electron chi connectivity index (χ4n) is 7.62. The predicted molar refractivity (Wildman–Crippen MR) is 146 cm³/mol. The van der Waals surface area contributed by atoms with E-state index in [0.29, 0.717) is 0 Å². The molecule has 10 unspecified atom stereocenters. The van der Waals surface area contributed by atoms with Crippen molar-refractivity contribution < 1.29 is 71.4 Å². The van der Waals surface area contributed by atoms with E-state index in [1.807, 2.05) is 0 Å². The summed E-state index contributed by atoms with van der Waals surface area (Å²) in [4.78, 5) is 76.5. The molecule has 2 saturated carbocycles. The van der Waals surface area contributed by atoms with Gasteiger partial charge in [0, 0.05) is 40.5 Å². The Morgan fingerprint density at radius 2 is 1.31 bits per heavy atom. The largest absolute Gasteiger partial charge is 0.472 e. The third kappa shape index (κ3) is 5.56. The van der Waals surface area contributed by atoms with Crippen LogP contribution in [0, 0.1) is 17.3 Å². The summed E-state index contributed by atoms with van der Waals surface area (Å²) in [6, 6.07) is 1.29. The lowest BCUT2D eigenvalue weighted by Crippen LogP contribution is -2.83. The summed E-state index contributed by atoms with van der Waals surface area (Å²) in [6.45, 7) is 9.46. The van der Waals surface area contributed by atoms with E-state index in [-0.39, 0.29) is 5.56 Å². The van der Waals surface area contributed by atoms with Gasteiger partial charge < -0.3 is 42.7 Å². The molecular formula is C30H38O15. The Morgan fingerprint density at radius 3 is 1.82 bits per heavy atom. The first-order chi connectivity index (χ1) is 20.9. The topological polar surface area (TPSA) is 200 Å². The summed E-state index contributed by atoms with van der Waals surface area (Å²) in [5.74, 6) is -7.42. The Kier molecular flexibility index (Phi) is 9.10. The minimum Gasteiger partial charge on any atom is -0.472 e. The first-order valence-corrected chi connectivity index (χ1v) is 14.3. The number of ether oxygens (including phenoxy) is 7. The van der Waals surface area contributed by atoms with Gasteiger partial charge in [-0.25, -0.2) is 4.79 Å². The summed E-state index contributed by atoms with van der Waals surface area (Å²) in [5, 5.41) is 12.3. The molecule has 1 aromatic heterocycles. The maximum Gasteiger partial charge on any atom is 0.341 e. The van der Waals surface area contributed by atoms with Gasteiger partial charge in [-0.2, -0.15) is 0 Å². The van der Waals surface area contributed by atoms with Gasteiger partial charge in [-0.15, -0.1) is 0 Å². The molecule has 1 spiro atoms. The van der Waals surface area contributed by atoms with Crippen LogP contribution in [0.5, 0.6) is 0 Å². The zero-order chi connectivity index (χ0) is 33.6. The zero-order valence-corrected chi connectivity index (χ0v) is 26.2. The standard InChI is InChI=1S/C30H38O15/c1-13-21(40-15(3)32)23(42-17(5)34)26(44-27(37)19-9-10-38-11-19)29(12-39-14(2)31)25(43-18(6)35)22(41-16(4)33)20-24(36)30(13,29)45-28(20,7)8/h9-11,13,20-26,36H,12H2,1-8H3. The summed E-state index contributed by atoms with van der Waals surface area (Å²) >= 11 is 0. The molecule has 15 nitrogen and oxygen atoms in total. The van der Waals surface area contributed by atoms with E-state index in [2.05, 4.69) is 0 Å². The van der Waals surface area contributed by atoms with Crippen molar-refractivity contribution >= 4 is 35.8 Å². The van der Waals surface area contributed by atoms with Crippen molar-refractivity contribution in [1.82, 2.24) is 0 Å². The number of fused-ring (bicyclic) bond motifs is 1. The normalized spacial score (nSPS) is 36.1. The summed E-state index contributed by atoms with van der Waals surface area (Å²) in [7, 11) is 0. The van der Waals surface area contributed by atoms with Crippen molar-refractivity contribution in [1.29, 1.82) is 0 Å². The minimum atomic E-state index is -2.16. The third-order valence-electron chi connectivity index (χ3n) is 8.91. The van der Waals surface area contributed by atoms with E-state index >= 15 is 0 Å². The van der Waals surface area contributed by atoms with Gasteiger partial charge in [-0.1, -0.05) is 6.92 Å². The van der Waals surface area contributed by atoms with Crippen LogP contribution in [0.4, 0.5) is 0 Å². The van der Waals surface area contributed by atoms with Gasteiger partial charge in [0.05, 0.1) is 29.4 Å². The Hall–Kier alpha value is -3.98. The van der Waals surface area contributed by atoms with Crippen LogP contribution in [-0.4, -0.2) is 95.4 Å². The Morgan fingerprint density at radius 1 is 0.778 bits per heavy atom. The van der Waals surface area contributed by atoms with Crippen LogP contribution in [0.1, 0.15) is 65.7 Å². The molecular weight excluding hydrogens is 600 g/mol. The average molecular weight is 639 g/mol. The number of carbonyl (C=O) groups is 6. The van der Waals surface area contributed by atoms with Gasteiger partial charge in [-0.05, 0) is 19.9 Å². The number of aliphatic hydroxyl groups excluding tert-OH is 1. The highest BCUT2D eigenvalue weighted by atomic mass is 16.6. The molecule has 3 aliphatic rings. The first kappa shape index (κ1) is 33.9. The fourth-order valence-corrected chi connectivity index (χ4v) is 7.62. The quantitative estimate of drug-likeness (QED) is 0.315. The molecule has 45 heavy (non-hydrogen) atoms. The van der Waals surface area contributed by atoms with Gasteiger partial charge in [-0.3, -0.25) is 24.0 Å². The molecule has 4 rings (SSSR count). The highest BCUT2D eigenvalue weighted by molar-refractivity contribution is 5.89. The maximum atomic E-state index is 13.6. The fraction of sp³-hybridized carbons (Fsp3) is 0.667. The van der Waals surface area contributed by atoms with E-state index in [4.69, 9.17) is 37.6 Å². The molecule has 2 heterocycles. The lowest BCUT2D eigenvalue weighted by Gasteiger charge is -2.65. The van der Waals surface area contributed by atoms with Crippen molar-refractivity contribution in [3.8, 4) is 0 Å². The van der Waals surface area contributed by atoms with E-state index in [0.717, 1.165) is 40.9 Å². The predicted octanol–water partition coefficient (Wildman–Crippen LogP) is 1.27. The van der Waals surface area contributed by atoms with Crippen LogP contribution in [0.15, 0.2) is 23.0 Å². The molecule has 0 amide bonds. The molecule has 2 aliphatic carbocycles. The molecule has 10 atom stereocenters. The SMILES string of the molecule is CC(=O)OCC12C(OC(=O)c3ccoc3)C(OC(C)=O)C(OC(C)=O)C(C)C13OC(C)(C)C(C(OC(C)=O)C2OC(C)=O)C3O. The number of hydrogen-bond acceptors (Lipinski definition) is 15. The van der Waals surface area contributed by atoms with Crippen LogP contribution in [0.3, 0.4) is 0 Å². The zero-order valence-electron chi connectivity index (χ0n) is 26.2. The van der Waals surface area contributed by atoms with E-state index in [1.54, 1.807) is 20.8 Å². The number of aliphatic hydroxyl groups is 1. The van der Waals surface area contributed by atoms with Crippen molar-refractivity contribution in [3.63, 3.8) is 0 Å². The number of rotatable bonds is 8. The molecule has 3 fully saturated rings. The van der Waals surface area contributed by atoms with Crippen molar-refractivity contribution in [2.24, 2.45) is 17.3 Å². The molecule has 1 aliphatic heterocycles. The van der Waals surface area contributed by atoms with Gasteiger partial charge in [0.25, 0.3) is 0 Å². The van der Waals surface area contributed by atoms with E-state index in [1.165, 1.54) is 12.3 Å². The summed E-state index contributed by atoms with van der Waals surface area (Å²) in [6.07, 6.45) is -7.34. The second-order valence-corrected chi connectivity index (χ2v) is 12.2. The van der Waals surface area contributed by atoms with Gasteiger partial charge in [0.15, 0.2) is 18.3 Å². The Balaban J connectivity index is 2.14. The summed E-state index contributed by atoms with van der Waals surface area (Å²) in [5.41, 5.74) is -5.62. The van der Waals surface area contributed by atoms with Gasteiger partial charge in [0.1, 0.15) is 36.1 Å². The molecule has 0 aromatic carbocycles. The number of esters is 6. The van der Waals surface area contributed by atoms with Crippen LogP contribution in [-0.2, 0) is 57.1 Å². The van der Waals surface area contributed by atoms with Crippen LogP contribution in [0.25, 0.3) is 0 Å². The van der Waals surface area contributed by atoms with Gasteiger partial charge in [0.2, 0.25) is 0 Å². The molecule has 1 aromatic rings. The highest BCUT2D eigenvalue weighted by Gasteiger charge is 2.86. The monoisotopic (exact) mass is 638 g/mol. The molecule has 15 heteroatoms. The maximum absolute atomic E-state index is 13.6. The average Bonchev–Trinajstić information content (AvgIpc) is 3.50. The Bertz CT molecular complexity index is 1350. The smallest absolute Gasteiger partial charge is 0.341 e. The molecule has 2 bridgehead atoms. The lowest BCUT2D eigenvalue weighted by atomic mass is 9.46. The van der Waals surface area contributed by atoms with Crippen molar-refractivity contribution in [2.45, 2.75) is 103 Å².